The van der Waals surface area contributed by atoms with Gasteiger partial charge < -0.3 is 10.0 Å². The monoisotopic (exact) mass is 265 g/mol. The standard InChI is InChI=1S/C17H15NO2/c1-18-16(19)15(13-8-4-2-5-9-13)12-17(18,20)14-10-6-3-7-11-14/h2-12,20H,1H3. The lowest BCUT2D eigenvalue weighted by Gasteiger charge is -2.30. The highest BCUT2D eigenvalue weighted by molar-refractivity contribution is 6.22. The van der Waals surface area contributed by atoms with Crippen LogP contribution in [0.25, 0.3) is 5.57 Å². The number of carbonyl (C=O) groups excluding carboxylic acids is 1. The zero-order chi connectivity index (χ0) is 14.2. The van der Waals surface area contributed by atoms with E-state index in [2.05, 4.69) is 0 Å². The molecule has 100 valence electrons. The first-order chi connectivity index (χ1) is 9.63. The zero-order valence-electron chi connectivity index (χ0n) is 11.2. The predicted octanol–water partition coefficient (Wildman–Crippen LogP) is 2.39. The van der Waals surface area contributed by atoms with Crippen molar-refractivity contribution in [2.24, 2.45) is 0 Å². The van der Waals surface area contributed by atoms with E-state index in [9.17, 15) is 9.90 Å². The highest BCUT2D eigenvalue weighted by Gasteiger charge is 2.42. The molecule has 1 N–H and O–H groups in total. The molecule has 0 bridgehead atoms. The van der Waals surface area contributed by atoms with Crippen molar-refractivity contribution in [1.29, 1.82) is 0 Å². The van der Waals surface area contributed by atoms with E-state index in [1.807, 2.05) is 60.7 Å². The van der Waals surface area contributed by atoms with Gasteiger partial charge in [-0.1, -0.05) is 60.7 Å². The number of hydrogen-bond acceptors (Lipinski definition) is 2. The van der Waals surface area contributed by atoms with Crippen molar-refractivity contribution in [2.45, 2.75) is 5.72 Å². The van der Waals surface area contributed by atoms with Crippen molar-refractivity contribution in [3.8, 4) is 0 Å². The minimum atomic E-state index is -1.39. The average molecular weight is 265 g/mol. The Labute approximate surface area is 117 Å². The zero-order valence-corrected chi connectivity index (χ0v) is 11.2. The lowest BCUT2D eigenvalue weighted by molar-refractivity contribution is -0.138. The summed E-state index contributed by atoms with van der Waals surface area (Å²) in [6, 6.07) is 18.6. The van der Waals surface area contributed by atoms with E-state index >= 15 is 0 Å². The van der Waals surface area contributed by atoms with E-state index in [0.29, 0.717) is 11.1 Å². The van der Waals surface area contributed by atoms with Crippen LogP contribution in [0.5, 0.6) is 0 Å². The third-order valence-corrected chi connectivity index (χ3v) is 3.68. The lowest BCUT2D eigenvalue weighted by atomic mass is 10.0. The average Bonchev–Trinajstić information content (AvgIpc) is 2.75. The Bertz CT molecular complexity index is 664. The van der Waals surface area contributed by atoms with E-state index in [1.165, 1.54) is 4.90 Å². The number of hydrogen-bond donors (Lipinski definition) is 1. The van der Waals surface area contributed by atoms with Crippen molar-refractivity contribution >= 4 is 11.5 Å². The molecule has 2 aromatic carbocycles. The molecule has 3 heteroatoms. The van der Waals surface area contributed by atoms with Gasteiger partial charge in [-0.15, -0.1) is 0 Å². The molecule has 1 aliphatic heterocycles. The Hall–Kier alpha value is -2.39. The molecule has 20 heavy (non-hydrogen) atoms. The minimum absolute atomic E-state index is 0.178. The molecule has 1 heterocycles. The summed E-state index contributed by atoms with van der Waals surface area (Å²) in [6.45, 7) is 0. The quantitative estimate of drug-likeness (QED) is 0.905. The number of aliphatic hydroxyl groups is 1. The molecular weight excluding hydrogens is 250 g/mol. The van der Waals surface area contributed by atoms with Gasteiger partial charge in [0.1, 0.15) is 0 Å². The molecule has 1 unspecified atom stereocenters. The molecule has 0 spiro atoms. The van der Waals surface area contributed by atoms with E-state index in [4.69, 9.17) is 0 Å². The van der Waals surface area contributed by atoms with Crippen LogP contribution in [-0.2, 0) is 10.5 Å². The van der Waals surface area contributed by atoms with E-state index in [1.54, 1.807) is 13.1 Å². The van der Waals surface area contributed by atoms with Crippen LogP contribution in [0.2, 0.25) is 0 Å². The van der Waals surface area contributed by atoms with Gasteiger partial charge in [0.15, 0.2) is 5.72 Å². The van der Waals surface area contributed by atoms with Gasteiger partial charge in [-0.2, -0.15) is 0 Å². The Balaban J connectivity index is 2.10. The van der Waals surface area contributed by atoms with Crippen molar-refractivity contribution < 1.29 is 9.90 Å². The van der Waals surface area contributed by atoms with Crippen molar-refractivity contribution in [2.75, 3.05) is 7.05 Å². The fourth-order valence-corrected chi connectivity index (χ4v) is 2.48. The summed E-state index contributed by atoms with van der Waals surface area (Å²) in [4.78, 5) is 13.8. The maximum Gasteiger partial charge on any atom is 0.256 e. The Morgan fingerprint density at radius 3 is 2.10 bits per heavy atom. The number of rotatable bonds is 2. The largest absolute Gasteiger partial charge is 0.363 e. The number of carbonyl (C=O) groups is 1. The van der Waals surface area contributed by atoms with E-state index in [-0.39, 0.29) is 5.91 Å². The van der Waals surface area contributed by atoms with Gasteiger partial charge >= 0.3 is 0 Å². The predicted molar refractivity (Wildman–Crippen MR) is 77.5 cm³/mol. The highest BCUT2D eigenvalue weighted by atomic mass is 16.3. The van der Waals surface area contributed by atoms with Crippen LogP contribution < -0.4 is 0 Å². The summed E-state index contributed by atoms with van der Waals surface area (Å²) >= 11 is 0. The van der Waals surface area contributed by atoms with Gasteiger partial charge in [0.2, 0.25) is 0 Å². The fraction of sp³-hybridized carbons (Fsp3) is 0.118. The molecule has 0 aliphatic carbocycles. The Morgan fingerprint density at radius 1 is 0.950 bits per heavy atom. The van der Waals surface area contributed by atoms with Crippen LogP contribution in [-0.4, -0.2) is 23.0 Å². The van der Waals surface area contributed by atoms with Crippen LogP contribution >= 0.6 is 0 Å². The number of amides is 1. The van der Waals surface area contributed by atoms with Crippen LogP contribution in [0.3, 0.4) is 0 Å². The smallest absolute Gasteiger partial charge is 0.256 e. The van der Waals surface area contributed by atoms with Crippen LogP contribution in [0.1, 0.15) is 11.1 Å². The highest BCUT2D eigenvalue weighted by Crippen LogP contribution is 2.37. The van der Waals surface area contributed by atoms with Crippen molar-refractivity contribution in [1.82, 2.24) is 4.90 Å². The maximum atomic E-state index is 12.4. The molecule has 1 aliphatic rings. The van der Waals surface area contributed by atoms with Gasteiger partial charge in [-0.25, -0.2) is 0 Å². The third kappa shape index (κ3) is 1.84. The van der Waals surface area contributed by atoms with Crippen LogP contribution in [0.15, 0.2) is 66.7 Å². The second kappa shape index (κ2) is 4.62. The Kier molecular flexibility index (Phi) is 2.92. The summed E-state index contributed by atoms with van der Waals surface area (Å²) in [5, 5.41) is 10.9. The summed E-state index contributed by atoms with van der Waals surface area (Å²) in [5.41, 5.74) is 0.640. The second-order valence-corrected chi connectivity index (χ2v) is 4.88. The van der Waals surface area contributed by atoms with Gasteiger partial charge in [-0.3, -0.25) is 4.79 Å². The van der Waals surface area contributed by atoms with Crippen molar-refractivity contribution in [3.05, 3.63) is 77.9 Å². The van der Waals surface area contributed by atoms with Gasteiger partial charge in [0.05, 0.1) is 0 Å². The summed E-state index contributed by atoms with van der Waals surface area (Å²) in [6.07, 6.45) is 1.62. The minimum Gasteiger partial charge on any atom is -0.363 e. The number of likely N-dealkylation sites (N-methyl/N-ethyl adjacent to an activating group) is 1. The van der Waals surface area contributed by atoms with E-state index < -0.39 is 5.72 Å². The summed E-state index contributed by atoms with van der Waals surface area (Å²) in [7, 11) is 1.61. The lowest BCUT2D eigenvalue weighted by Crippen LogP contribution is -2.41. The molecule has 1 amide bonds. The molecule has 3 rings (SSSR count). The molecule has 0 aromatic heterocycles. The summed E-state index contributed by atoms with van der Waals surface area (Å²) < 4.78 is 0. The molecule has 0 radical (unpaired) electrons. The molecule has 0 fully saturated rings. The third-order valence-electron chi connectivity index (χ3n) is 3.68. The number of nitrogens with zero attached hydrogens (tertiary/aromatic N) is 1. The Morgan fingerprint density at radius 2 is 1.50 bits per heavy atom. The van der Waals surface area contributed by atoms with Crippen molar-refractivity contribution in [3.63, 3.8) is 0 Å². The SMILES string of the molecule is CN1C(=O)C(c2ccccc2)=CC1(O)c1ccccc1. The van der Waals surface area contributed by atoms with Gasteiger partial charge in [0.25, 0.3) is 5.91 Å². The van der Waals surface area contributed by atoms with Gasteiger partial charge in [0, 0.05) is 18.2 Å². The molecule has 2 aromatic rings. The normalized spacial score (nSPS) is 22.0. The van der Waals surface area contributed by atoms with Crippen LogP contribution in [0.4, 0.5) is 0 Å². The second-order valence-electron chi connectivity index (χ2n) is 4.88. The molecule has 3 nitrogen and oxygen atoms in total. The topological polar surface area (TPSA) is 40.5 Å². The van der Waals surface area contributed by atoms with Gasteiger partial charge in [-0.05, 0) is 11.6 Å². The summed E-state index contributed by atoms with van der Waals surface area (Å²) in [5.74, 6) is -0.178. The van der Waals surface area contributed by atoms with Crippen LogP contribution in [0, 0.1) is 0 Å². The molecule has 1 atom stereocenters. The fourth-order valence-electron chi connectivity index (χ4n) is 2.48. The molecule has 0 saturated heterocycles. The first-order valence-corrected chi connectivity index (χ1v) is 6.47. The first-order valence-electron chi connectivity index (χ1n) is 6.47. The maximum absolute atomic E-state index is 12.4. The molecule has 0 saturated carbocycles. The van der Waals surface area contributed by atoms with E-state index in [0.717, 1.165) is 5.56 Å². The first kappa shape index (κ1) is 12.6. The molecular formula is C17H15NO2. The number of benzene rings is 2.